The van der Waals surface area contributed by atoms with Gasteiger partial charge in [-0.05, 0) is 24.6 Å². The van der Waals surface area contributed by atoms with Crippen LogP contribution in [-0.4, -0.2) is 15.9 Å². The van der Waals surface area contributed by atoms with E-state index in [1.807, 2.05) is 31.2 Å². The lowest BCUT2D eigenvalue weighted by molar-refractivity contribution is 0.0946. The predicted molar refractivity (Wildman–Crippen MR) is 94.1 cm³/mol. The molecule has 0 saturated carbocycles. The molecule has 1 heterocycles. The van der Waals surface area contributed by atoms with Crippen LogP contribution in [0.2, 0.25) is 0 Å². The van der Waals surface area contributed by atoms with Gasteiger partial charge >= 0.3 is 0 Å². The van der Waals surface area contributed by atoms with Gasteiger partial charge in [0.2, 0.25) is 0 Å². The number of benzene rings is 2. The number of halogens is 1. The van der Waals surface area contributed by atoms with Crippen molar-refractivity contribution in [1.29, 1.82) is 0 Å². The highest BCUT2D eigenvalue weighted by molar-refractivity contribution is 5.92. The first-order chi connectivity index (χ1) is 12.1. The van der Waals surface area contributed by atoms with Crippen molar-refractivity contribution < 1.29 is 9.18 Å². The quantitative estimate of drug-likeness (QED) is 0.747. The van der Waals surface area contributed by atoms with Crippen molar-refractivity contribution in [3.63, 3.8) is 0 Å². The first-order valence-electron chi connectivity index (χ1n) is 7.79. The summed E-state index contributed by atoms with van der Waals surface area (Å²) < 4.78 is 13.7. The fourth-order valence-corrected chi connectivity index (χ4v) is 2.35. The number of aromatic nitrogens is 2. The molecule has 0 aliphatic carbocycles. The predicted octanol–water partition coefficient (Wildman–Crippen LogP) is 3.60. The summed E-state index contributed by atoms with van der Waals surface area (Å²) in [5, 5.41) is 5.66. The standard InChI is InChI=1S/C19H17FN4O/c1-13-5-4-6-14(9-13)11-21-19(25)17-10-18(23-12-22-17)24-16-8-3-2-7-15(16)20/h2-10,12H,11H2,1H3,(H,21,25)(H,22,23,24). The Morgan fingerprint density at radius 2 is 1.92 bits per heavy atom. The maximum Gasteiger partial charge on any atom is 0.270 e. The van der Waals surface area contributed by atoms with Gasteiger partial charge in [-0.3, -0.25) is 4.79 Å². The van der Waals surface area contributed by atoms with Crippen molar-refractivity contribution in [2.24, 2.45) is 0 Å². The smallest absolute Gasteiger partial charge is 0.270 e. The summed E-state index contributed by atoms with van der Waals surface area (Å²) in [6, 6.07) is 15.6. The normalized spacial score (nSPS) is 10.3. The van der Waals surface area contributed by atoms with Crippen molar-refractivity contribution >= 4 is 17.4 Å². The van der Waals surface area contributed by atoms with E-state index in [4.69, 9.17) is 0 Å². The number of hydrogen-bond donors (Lipinski definition) is 2. The number of para-hydroxylation sites is 1. The van der Waals surface area contributed by atoms with Crippen LogP contribution in [0.4, 0.5) is 15.9 Å². The molecule has 0 atom stereocenters. The summed E-state index contributed by atoms with van der Waals surface area (Å²) >= 11 is 0. The number of amides is 1. The summed E-state index contributed by atoms with van der Waals surface area (Å²) in [5.41, 5.74) is 2.63. The van der Waals surface area contributed by atoms with Gasteiger partial charge in [0.15, 0.2) is 0 Å². The molecule has 0 aliphatic heterocycles. The second-order valence-electron chi connectivity index (χ2n) is 5.57. The minimum Gasteiger partial charge on any atom is -0.347 e. The Bertz CT molecular complexity index is 898. The average Bonchev–Trinajstić information content (AvgIpc) is 2.62. The minimum atomic E-state index is -0.397. The summed E-state index contributed by atoms with van der Waals surface area (Å²) in [7, 11) is 0. The number of nitrogens with zero attached hydrogens (tertiary/aromatic N) is 2. The molecule has 2 N–H and O–H groups in total. The molecule has 1 amide bonds. The van der Waals surface area contributed by atoms with Crippen LogP contribution in [0.3, 0.4) is 0 Å². The SMILES string of the molecule is Cc1cccc(CNC(=O)c2cc(Nc3ccccc3F)ncn2)c1. The highest BCUT2D eigenvalue weighted by Crippen LogP contribution is 2.17. The zero-order chi connectivity index (χ0) is 17.6. The molecular weight excluding hydrogens is 319 g/mol. The van der Waals surface area contributed by atoms with Gasteiger partial charge in [-0.15, -0.1) is 0 Å². The van der Waals surface area contributed by atoms with E-state index in [9.17, 15) is 9.18 Å². The number of hydrogen-bond acceptors (Lipinski definition) is 4. The molecule has 0 spiro atoms. The minimum absolute atomic E-state index is 0.210. The second kappa shape index (κ2) is 7.53. The number of rotatable bonds is 5. The first-order valence-corrected chi connectivity index (χ1v) is 7.79. The lowest BCUT2D eigenvalue weighted by Gasteiger charge is -2.08. The fourth-order valence-electron chi connectivity index (χ4n) is 2.35. The summed E-state index contributed by atoms with van der Waals surface area (Å²) in [4.78, 5) is 20.3. The number of nitrogens with one attached hydrogen (secondary N) is 2. The van der Waals surface area contributed by atoms with Gasteiger partial charge in [-0.25, -0.2) is 14.4 Å². The van der Waals surface area contributed by atoms with E-state index >= 15 is 0 Å². The molecule has 0 fully saturated rings. The van der Waals surface area contributed by atoms with Gasteiger partial charge in [0.25, 0.3) is 5.91 Å². The van der Waals surface area contributed by atoms with Crippen LogP contribution >= 0.6 is 0 Å². The van der Waals surface area contributed by atoms with E-state index in [1.54, 1.807) is 18.2 Å². The lowest BCUT2D eigenvalue weighted by atomic mass is 10.1. The second-order valence-corrected chi connectivity index (χ2v) is 5.57. The Hall–Kier alpha value is -3.28. The molecular formula is C19H17FN4O. The van der Waals surface area contributed by atoms with Crippen LogP contribution in [-0.2, 0) is 6.54 Å². The van der Waals surface area contributed by atoms with E-state index in [0.29, 0.717) is 12.4 Å². The molecule has 0 unspecified atom stereocenters. The Balaban J connectivity index is 1.68. The Morgan fingerprint density at radius 3 is 2.72 bits per heavy atom. The summed E-state index contributed by atoms with van der Waals surface area (Å²) in [6.45, 7) is 2.40. The average molecular weight is 336 g/mol. The van der Waals surface area contributed by atoms with Gasteiger partial charge in [0, 0.05) is 12.6 Å². The zero-order valence-corrected chi connectivity index (χ0v) is 13.7. The maximum atomic E-state index is 13.7. The molecule has 5 nitrogen and oxygen atoms in total. The highest BCUT2D eigenvalue weighted by Gasteiger charge is 2.10. The number of anilines is 2. The topological polar surface area (TPSA) is 66.9 Å². The van der Waals surface area contributed by atoms with Gasteiger partial charge in [0.1, 0.15) is 23.7 Å². The highest BCUT2D eigenvalue weighted by atomic mass is 19.1. The van der Waals surface area contributed by atoms with Gasteiger partial charge < -0.3 is 10.6 Å². The molecule has 3 aromatic rings. The van der Waals surface area contributed by atoms with Gasteiger partial charge in [-0.1, -0.05) is 42.0 Å². The van der Waals surface area contributed by atoms with Crippen molar-refractivity contribution in [3.8, 4) is 0 Å². The third-order valence-corrected chi connectivity index (χ3v) is 3.57. The Kier molecular flexibility index (Phi) is 4.99. The maximum absolute atomic E-state index is 13.7. The monoisotopic (exact) mass is 336 g/mol. The first kappa shape index (κ1) is 16.6. The Labute approximate surface area is 145 Å². The van der Waals surface area contributed by atoms with Crippen LogP contribution in [0.1, 0.15) is 21.6 Å². The van der Waals surface area contributed by atoms with E-state index in [0.717, 1.165) is 11.1 Å². The number of aryl methyl sites for hydroxylation is 1. The molecule has 2 aromatic carbocycles. The molecule has 0 bridgehead atoms. The van der Waals surface area contributed by atoms with Crippen molar-refractivity contribution in [2.75, 3.05) is 5.32 Å². The zero-order valence-electron chi connectivity index (χ0n) is 13.7. The van der Waals surface area contributed by atoms with Crippen molar-refractivity contribution in [3.05, 3.63) is 83.6 Å². The summed E-state index contributed by atoms with van der Waals surface area (Å²) in [6.07, 6.45) is 1.27. The van der Waals surface area contributed by atoms with Crippen LogP contribution in [0.5, 0.6) is 0 Å². The Morgan fingerprint density at radius 1 is 1.08 bits per heavy atom. The van der Waals surface area contributed by atoms with Crippen LogP contribution in [0, 0.1) is 12.7 Å². The summed E-state index contributed by atoms with van der Waals surface area (Å²) in [5.74, 6) is -0.368. The van der Waals surface area contributed by atoms with Crippen LogP contribution in [0.15, 0.2) is 60.9 Å². The van der Waals surface area contributed by atoms with E-state index in [2.05, 4.69) is 20.6 Å². The molecule has 1 aromatic heterocycles. The molecule has 0 radical (unpaired) electrons. The van der Waals surface area contributed by atoms with E-state index in [1.165, 1.54) is 18.5 Å². The molecule has 0 saturated heterocycles. The molecule has 0 aliphatic rings. The van der Waals surface area contributed by atoms with Gasteiger partial charge in [-0.2, -0.15) is 0 Å². The molecule has 25 heavy (non-hydrogen) atoms. The fraction of sp³-hybridized carbons (Fsp3) is 0.105. The number of carbonyl (C=O) groups is 1. The van der Waals surface area contributed by atoms with E-state index in [-0.39, 0.29) is 17.3 Å². The van der Waals surface area contributed by atoms with Crippen molar-refractivity contribution in [1.82, 2.24) is 15.3 Å². The molecule has 6 heteroatoms. The molecule has 126 valence electrons. The number of carbonyl (C=O) groups excluding carboxylic acids is 1. The third kappa shape index (κ3) is 4.38. The van der Waals surface area contributed by atoms with Gasteiger partial charge in [0.05, 0.1) is 5.69 Å². The lowest BCUT2D eigenvalue weighted by Crippen LogP contribution is -2.24. The van der Waals surface area contributed by atoms with E-state index < -0.39 is 5.82 Å². The largest absolute Gasteiger partial charge is 0.347 e. The molecule has 3 rings (SSSR count). The third-order valence-electron chi connectivity index (χ3n) is 3.57. The van der Waals surface area contributed by atoms with Crippen LogP contribution < -0.4 is 10.6 Å². The van der Waals surface area contributed by atoms with Crippen LogP contribution in [0.25, 0.3) is 0 Å². The van der Waals surface area contributed by atoms with Crippen molar-refractivity contribution in [2.45, 2.75) is 13.5 Å².